The molecule has 0 aliphatic heterocycles. The molecule has 0 atom stereocenters. The van der Waals surface area contributed by atoms with Crippen molar-refractivity contribution in [3.8, 4) is 10.9 Å². The number of amides is 1. The molecule has 0 fully saturated rings. The third kappa shape index (κ3) is 4.05. The summed E-state index contributed by atoms with van der Waals surface area (Å²) in [6.07, 6.45) is 4.76. The van der Waals surface area contributed by atoms with Crippen LogP contribution in [0.15, 0.2) is 42.5 Å². The van der Waals surface area contributed by atoms with Crippen molar-refractivity contribution in [3.05, 3.63) is 64.8 Å². The van der Waals surface area contributed by atoms with Crippen molar-refractivity contribution < 1.29 is 9.53 Å². The molecule has 1 N–H and O–H groups in total. The molecule has 0 saturated carbocycles. The molecule has 2 aromatic carbocycles. The predicted octanol–water partition coefficient (Wildman–Crippen LogP) is 5.00. The third-order valence-electron chi connectivity index (χ3n) is 5.57. The Morgan fingerprint density at radius 2 is 1.90 bits per heavy atom. The van der Waals surface area contributed by atoms with Gasteiger partial charge in [0.05, 0.1) is 15.9 Å². The lowest BCUT2D eigenvalue weighted by molar-refractivity contribution is -0.118. The molecule has 0 saturated heterocycles. The van der Waals surface area contributed by atoms with E-state index < -0.39 is 0 Å². The van der Waals surface area contributed by atoms with Crippen molar-refractivity contribution in [3.63, 3.8) is 0 Å². The summed E-state index contributed by atoms with van der Waals surface area (Å²) in [5.41, 5.74) is 5.65. The zero-order valence-electron chi connectivity index (χ0n) is 17.6. The van der Waals surface area contributed by atoms with Gasteiger partial charge in [-0.1, -0.05) is 29.5 Å². The molecule has 7 heteroatoms. The number of aromatic nitrogens is 3. The fourth-order valence-electron chi connectivity index (χ4n) is 4.01. The van der Waals surface area contributed by atoms with Crippen LogP contribution in [0.2, 0.25) is 0 Å². The van der Waals surface area contributed by atoms with Gasteiger partial charge in [-0.2, -0.15) is 9.78 Å². The minimum absolute atomic E-state index is 0.0678. The molecule has 2 heterocycles. The van der Waals surface area contributed by atoms with Gasteiger partial charge < -0.3 is 10.1 Å². The Morgan fingerprint density at radius 3 is 2.71 bits per heavy atom. The van der Waals surface area contributed by atoms with E-state index in [1.54, 1.807) is 16.0 Å². The van der Waals surface area contributed by atoms with Crippen LogP contribution in [0.4, 0.5) is 5.82 Å². The number of hydrogen-bond donors (Lipinski definition) is 1. The molecule has 31 heavy (non-hydrogen) atoms. The maximum Gasteiger partial charge on any atom is 0.263 e. The van der Waals surface area contributed by atoms with Gasteiger partial charge in [0, 0.05) is 6.07 Å². The fourth-order valence-corrected chi connectivity index (χ4v) is 4.99. The van der Waals surface area contributed by atoms with E-state index in [0.29, 0.717) is 11.6 Å². The molecule has 0 spiro atoms. The van der Waals surface area contributed by atoms with Crippen molar-refractivity contribution in [2.75, 3.05) is 11.9 Å². The number of carbonyl (C=O) groups is 1. The average Bonchev–Trinajstić information content (AvgIpc) is 3.33. The topological polar surface area (TPSA) is 69.0 Å². The van der Waals surface area contributed by atoms with E-state index in [1.807, 2.05) is 44.2 Å². The number of para-hydroxylation sites is 1. The molecule has 158 valence electrons. The number of hydrogen-bond acceptors (Lipinski definition) is 5. The van der Waals surface area contributed by atoms with Crippen LogP contribution in [0.1, 0.15) is 35.2 Å². The Kier molecular flexibility index (Phi) is 5.19. The Balaban J connectivity index is 1.37. The maximum absolute atomic E-state index is 12.5. The Hall–Kier alpha value is -3.19. The summed E-state index contributed by atoms with van der Waals surface area (Å²) in [6, 6.07) is 14.0. The van der Waals surface area contributed by atoms with E-state index in [1.165, 1.54) is 24.0 Å². The minimum atomic E-state index is -0.235. The van der Waals surface area contributed by atoms with Gasteiger partial charge in [-0.15, -0.1) is 0 Å². The first-order chi connectivity index (χ1) is 15.1. The average molecular weight is 433 g/mol. The minimum Gasteiger partial charge on any atom is -0.483 e. The molecule has 1 aliphatic carbocycles. The Bertz CT molecular complexity index is 1230. The van der Waals surface area contributed by atoms with Crippen LogP contribution in [0.25, 0.3) is 15.3 Å². The fraction of sp³-hybridized carbons (Fsp3) is 0.292. The van der Waals surface area contributed by atoms with Crippen LogP contribution in [-0.4, -0.2) is 27.3 Å². The van der Waals surface area contributed by atoms with Crippen LogP contribution in [0, 0.1) is 13.8 Å². The second-order valence-electron chi connectivity index (χ2n) is 7.98. The molecular weight excluding hydrogens is 408 g/mol. The molecule has 2 aromatic heterocycles. The Morgan fingerprint density at radius 1 is 1.13 bits per heavy atom. The standard InChI is InChI=1S/C24H24N4O2S/c1-15-7-3-6-10-20(15)30-14-23(29)26-22-11-16(2)27-28(22)24-25-19-12-17-8-4-5-9-18(17)13-21(19)31-24/h3,6-7,10-13H,4-5,8-9,14H2,1-2H3,(H,26,29). The normalized spacial score (nSPS) is 13.2. The van der Waals surface area contributed by atoms with Gasteiger partial charge in [0.15, 0.2) is 6.61 Å². The summed E-state index contributed by atoms with van der Waals surface area (Å²) in [5, 5.41) is 8.24. The summed E-state index contributed by atoms with van der Waals surface area (Å²) < 4.78 is 8.54. The summed E-state index contributed by atoms with van der Waals surface area (Å²) >= 11 is 1.60. The van der Waals surface area contributed by atoms with E-state index in [0.717, 1.165) is 39.4 Å². The van der Waals surface area contributed by atoms with Crippen LogP contribution in [-0.2, 0) is 17.6 Å². The van der Waals surface area contributed by atoms with E-state index >= 15 is 0 Å². The number of anilines is 1. The van der Waals surface area contributed by atoms with Crippen molar-refractivity contribution in [2.45, 2.75) is 39.5 Å². The zero-order valence-corrected chi connectivity index (χ0v) is 18.5. The largest absolute Gasteiger partial charge is 0.483 e. The maximum atomic E-state index is 12.5. The molecule has 5 rings (SSSR count). The SMILES string of the molecule is Cc1cc(NC(=O)COc2ccccc2C)n(-c2nc3cc4c(cc3s2)CCCC4)n1. The molecule has 6 nitrogen and oxygen atoms in total. The molecule has 4 aromatic rings. The number of benzene rings is 2. The highest BCUT2D eigenvalue weighted by Gasteiger charge is 2.17. The summed E-state index contributed by atoms with van der Waals surface area (Å²) in [7, 11) is 0. The lowest BCUT2D eigenvalue weighted by atomic mass is 9.92. The number of nitrogens with one attached hydrogen (secondary N) is 1. The van der Waals surface area contributed by atoms with E-state index in [9.17, 15) is 4.79 Å². The van der Waals surface area contributed by atoms with Crippen LogP contribution in [0.5, 0.6) is 5.75 Å². The Labute approximate surface area is 184 Å². The van der Waals surface area contributed by atoms with Crippen molar-refractivity contribution in [2.24, 2.45) is 0 Å². The number of thiazole rings is 1. The van der Waals surface area contributed by atoms with Crippen molar-refractivity contribution in [1.82, 2.24) is 14.8 Å². The van der Waals surface area contributed by atoms with Crippen molar-refractivity contribution in [1.29, 1.82) is 0 Å². The smallest absolute Gasteiger partial charge is 0.263 e. The summed E-state index contributed by atoms with van der Waals surface area (Å²) in [4.78, 5) is 17.4. The molecule has 1 amide bonds. The van der Waals surface area contributed by atoms with Crippen LogP contribution in [0.3, 0.4) is 0 Å². The molecule has 0 bridgehead atoms. The van der Waals surface area contributed by atoms with Gasteiger partial charge >= 0.3 is 0 Å². The molecular formula is C24H24N4O2S. The first-order valence-electron chi connectivity index (χ1n) is 10.5. The monoisotopic (exact) mass is 432 g/mol. The highest BCUT2D eigenvalue weighted by atomic mass is 32.1. The highest BCUT2D eigenvalue weighted by Crippen LogP contribution is 2.32. The molecule has 0 radical (unpaired) electrons. The summed E-state index contributed by atoms with van der Waals surface area (Å²) in [5.74, 6) is 1.07. The number of nitrogens with zero attached hydrogens (tertiary/aromatic N) is 3. The van der Waals surface area contributed by atoms with Gasteiger partial charge in [0.2, 0.25) is 5.13 Å². The lowest BCUT2D eigenvalue weighted by Crippen LogP contribution is -2.22. The number of aryl methyl sites for hydroxylation is 4. The number of rotatable bonds is 5. The van der Waals surface area contributed by atoms with Crippen LogP contribution < -0.4 is 10.1 Å². The second-order valence-corrected chi connectivity index (χ2v) is 8.99. The first kappa shape index (κ1) is 19.8. The van der Waals surface area contributed by atoms with Crippen LogP contribution >= 0.6 is 11.3 Å². The molecule has 0 unspecified atom stereocenters. The van der Waals surface area contributed by atoms with Gasteiger partial charge in [-0.05, 0) is 74.4 Å². The van der Waals surface area contributed by atoms with E-state index in [4.69, 9.17) is 9.72 Å². The third-order valence-corrected chi connectivity index (χ3v) is 6.57. The lowest BCUT2D eigenvalue weighted by Gasteiger charge is -2.14. The predicted molar refractivity (Wildman–Crippen MR) is 123 cm³/mol. The second kappa shape index (κ2) is 8.15. The first-order valence-corrected chi connectivity index (χ1v) is 11.4. The van der Waals surface area contributed by atoms with E-state index in [2.05, 4.69) is 22.5 Å². The highest BCUT2D eigenvalue weighted by molar-refractivity contribution is 7.20. The van der Waals surface area contributed by atoms with Gasteiger partial charge in [0.25, 0.3) is 5.91 Å². The number of fused-ring (bicyclic) bond motifs is 2. The van der Waals surface area contributed by atoms with Gasteiger partial charge in [0.1, 0.15) is 11.6 Å². The zero-order chi connectivity index (χ0) is 21.4. The van der Waals surface area contributed by atoms with Gasteiger partial charge in [-0.3, -0.25) is 4.79 Å². The summed E-state index contributed by atoms with van der Waals surface area (Å²) in [6.45, 7) is 3.79. The molecule has 1 aliphatic rings. The van der Waals surface area contributed by atoms with Crippen molar-refractivity contribution >= 4 is 33.3 Å². The van der Waals surface area contributed by atoms with Gasteiger partial charge in [-0.25, -0.2) is 4.98 Å². The quantitative estimate of drug-likeness (QED) is 0.482. The number of ether oxygens (including phenoxy) is 1. The number of carbonyl (C=O) groups excluding carboxylic acids is 1. The van der Waals surface area contributed by atoms with E-state index in [-0.39, 0.29) is 12.5 Å².